The second-order valence-electron chi connectivity index (χ2n) is 5.99. The molecule has 2 aromatic rings. The number of hydrogen-bond acceptors (Lipinski definition) is 4. The normalized spacial score (nSPS) is 11.9. The van der Waals surface area contributed by atoms with E-state index in [2.05, 4.69) is 10.0 Å². The van der Waals surface area contributed by atoms with Crippen LogP contribution in [-0.4, -0.2) is 43.9 Å². The van der Waals surface area contributed by atoms with E-state index < -0.39 is 14.9 Å². The van der Waals surface area contributed by atoms with Gasteiger partial charge >= 0.3 is 0 Å². The molecule has 0 aliphatic heterocycles. The highest BCUT2D eigenvalue weighted by molar-refractivity contribution is 7.89. The second-order valence-corrected chi connectivity index (χ2v) is 7.76. The number of nitro groups is 1. The summed E-state index contributed by atoms with van der Waals surface area (Å²) in [5, 5.41) is 13.9. The van der Waals surface area contributed by atoms with Crippen LogP contribution >= 0.6 is 0 Å². The monoisotopic (exact) mass is 518 g/mol. The molecule has 0 atom stereocenters. The first-order valence-corrected chi connectivity index (χ1v) is 9.84. The standard InChI is InChI=1S/C18H22N4O4S.HI/c1-15(19-14-16-6-4-3-5-7-16)21(2)13-12-20-27(25,26)18-10-8-17(9-11-18)22(23)24;/h3-11,20H,12-14H2,1-2H3;1H. The fourth-order valence-corrected chi connectivity index (χ4v) is 3.33. The van der Waals surface area contributed by atoms with Crippen LogP contribution in [0.3, 0.4) is 0 Å². The molecule has 28 heavy (non-hydrogen) atoms. The van der Waals surface area contributed by atoms with E-state index in [1.54, 1.807) is 0 Å². The van der Waals surface area contributed by atoms with Gasteiger partial charge in [-0.05, 0) is 17.7 Å². The van der Waals surface area contributed by atoms with Gasteiger partial charge in [0.05, 0.1) is 23.4 Å². The van der Waals surface area contributed by atoms with Crippen molar-refractivity contribution in [3.63, 3.8) is 0 Å². The van der Waals surface area contributed by atoms with Crippen LogP contribution in [0.25, 0.3) is 0 Å². The van der Waals surface area contributed by atoms with Crippen molar-refractivity contribution >= 4 is 21.5 Å². The van der Waals surface area contributed by atoms with Gasteiger partial charge in [0.1, 0.15) is 6.54 Å². The maximum Gasteiger partial charge on any atom is 0.269 e. The van der Waals surface area contributed by atoms with Gasteiger partial charge in [0, 0.05) is 25.6 Å². The highest BCUT2D eigenvalue weighted by atomic mass is 127. The van der Waals surface area contributed by atoms with Crippen LogP contribution in [0.4, 0.5) is 5.69 Å². The SMILES string of the molecule is CC(NCc1ccccc1)=[N+](C)CCNS(=O)(=O)c1ccc([N+](=O)[O-])cc1.[I-]. The molecule has 0 amide bonds. The molecule has 152 valence electrons. The maximum absolute atomic E-state index is 12.3. The zero-order valence-corrected chi connectivity index (χ0v) is 18.6. The van der Waals surface area contributed by atoms with Crippen LogP contribution in [-0.2, 0) is 16.6 Å². The Bertz CT molecular complexity index is 916. The predicted molar refractivity (Wildman–Crippen MR) is 103 cm³/mol. The lowest BCUT2D eigenvalue weighted by atomic mass is 10.2. The lowest BCUT2D eigenvalue weighted by molar-refractivity contribution is -0.497. The van der Waals surface area contributed by atoms with Gasteiger partial charge < -0.3 is 24.0 Å². The van der Waals surface area contributed by atoms with Crippen molar-refractivity contribution in [3.05, 3.63) is 70.3 Å². The number of rotatable bonds is 8. The van der Waals surface area contributed by atoms with Gasteiger partial charge in [-0.3, -0.25) is 20.0 Å². The minimum Gasteiger partial charge on any atom is -1.00 e. The smallest absolute Gasteiger partial charge is 0.269 e. The molecule has 0 bridgehead atoms. The van der Waals surface area contributed by atoms with Crippen LogP contribution in [0.1, 0.15) is 12.5 Å². The van der Waals surface area contributed by atoms with Gasteiger partial charge in [-0.2, -0.15) is 0 Å². The average Bonchev–Trinajstić information content (AvgIpc) is 2.66. The zero-order valence-electron chi connectivity index (χ0n) is 15.6. The predicted octanol–water partition coefficient (Wildman–Crippen LogP) is -1.27. The molecule has 0 fully saturated rings. The molecule has 0 saturated heterocycles. The molecule has 0 heterocycles. The van der Waals surface area contributed by atoms with Gasteiger partial charge in [0.15, 0.2) is 0 Å². The fourth-order valence-electron chi connectivity index (χ4n) is 2.31. The largest absolute Gasteiger partial charge is 1.00 e. The molecule has 0 saturated carbocycles. The summed E-state index contributed by atoms with van der Waals surface area (Å²) in [7, 11) is -1.84. The molecular formula is C18H23IN4O4S. The fraction of sp³-hybridized carbons (Fsp3) is 0.278. The first-order chi connectivity index (χ1) is 12.8. The lowest BCUT2D eigenvalue weighted by Crippen LogP contribution is -3.00. The maximum atomic E-state index is 12.3. The second kappa shape index (κ2) is 11.1. The number of nitrogens with zero attached hydrogens (tertiary/aromatic N) is 2. The number of sulfonamides is 1. The summed E-state index contributed by atoms with van der Waals surface area (Å²) in [6.45, 7) is 3.29. The van der Waals surface area contributed by atoms with Gasteiger partial charge in [-0.15, -0.1) is 0 Å². The Hall–Kier alpha value is -2.05. The van der Waals surface area contributed by atoms with E-state index in [0.29, 0.717) is 13.1 Å². The van der Waals surface area contributed by atoms with Gasteiger partial charge in [-0.1, -0.05) is 30.3 Å². The third-order valence-corrected chi connectivity index (χ3v) is 5.54. The van der Waals surface area contributed by atoms with Crippen LogP contribution in [0.2, 0.25) is 0 Å². The highest BCUT2D eigenvalue weighted by Crippen LogP contribution is 2.15. The molecule has 2 aromatic carbocycles. The van der Waals surface area contributed by atoms with E-state index in [1.165, 1.54) is 24.3 Å². The molecule has 2 rings (SSSR count). The number of non-ortho nitro benzene ring substituents is 1. The topological polar surface area (TPSA) is 104 Å². The summed E-state index contributed by atoms with van der Waals surface area (Å²) >= 11 is 0. The average molecular weight is 518 g/mol. The van der Waals surface area contributed by atoms with Gasteiger partial charge in [0.2, 0.25) is 15.9 Å². The Morgan fingerprint density at radius 2 is 1.68 bits per heavy atom. The van der Waals surface area contributed by atoms with E-state index in [9.17, 15) is 18.5 Å². The number of nitrogens with one attached hydrogen (secondary N) is 2. The Morgan fingerprint density at radius 3 is 2.25 bits per heavy atom. The number of halogens is 1. The summed E-state index contributed by atoms with van der Waals surface area (Å²) in [6.07, 6.45) is 0. The first kappa shape index (κ1) is 24.0. The number of hydrogen-bond donors (Lipinski definition) is 2. The third kappa shape index (κ3) is 7.17. The van der Waals surface area contributed by atoms with E-state index in [4.69, 9.17) is 0 Å². The van der Waals surface area contributed by atoms with Crippen LogP contribution in [0.15, 0.2) is 59.5 Å². The van der Waals surface area contributed by atoms with Crippen molar-refractivity contribution in [2.75, 3.05) is 20.1 Å². The molecule has 0 aromatic heterocycles. The molecule has 0 aliphatic carbocycles. The highest BCUT2D eigenvalue weighted by Gasteiger charge is 2.16. The Morgan fingerprint density at radius 1 is 1.07 bits per heavy atom. The van der Waals surface area contributed by atoms with E-state index in [0.717, 1.165) is 11.4 Å². The first-order valence-electron chi connectivity index (χ1n) is 8.36. The lowest BCUT2D eigenvalue weighted by Gasteiger charge is -2.09. The summed E-state index contributed by atoms with van der Waals surface area (Å²) in [4.78, 5) is 10.1. The minimum atomic E-state index is -3.71. The number of nitro benzene ring substituents is 1. The summed E-state index contributed by atoms with van der Waals surface area (Å²) < 4.78 is 28.9. The van der Waals surface area contributed by atoms with Crippen molar-refractivity contribution < 1.29 is 41.9 Å². The molecular weight excluding hydrogens is 495 g/mol. The third-order valence-electron chi connectivity index (χ3n) is 4.06. The van der Waals surface area contributed by atoms with Crippen molar-refractivity contribution in [1.82, 2.24) is 10.0 Å². The summed E-state index contributed by atoms with van der Waals surface area (Å²) in [5.41, 5.74) is 1.01. The minimum absolute atomic E-state index is 0. The number of likely N-dealkylation sites (N-methyl/N-ethyl adjacent to an activating group) is 1. The molecule has 0 radical (unpaired) electrons. The van der Waals surface area contributed by atoms with E-state index in [1.807, 2.05) is 48.9 Å². The van der Waals surface area contributed by atoms with Gasteiger partial charge in [0.25, 0.3) is 5.69 Å². The van der Waals surface area contributed by atoms with Gasteiger partial charge in [-0.25, -0.2) is 13.1 Å². The molecule has 2 N–H and O–H groups in total. The Kier molecular flexibility index (Phi) is 9.49. The molecule has 0 unspecified atom stereocenters. The molecule has 0 spiro atoms. The molecule has 8 nitrogen and oxygen atoms in total. The van der Waals surface area contributed by atoms with Crippen molar-refractivity contribution in [2.24, 2.45) is 0 Å². The summed E-state index contributed by atoms with van der Waals surface area (Å²) in [6, 6.07) is 14.8. The zero-order chi connectivity index (χ0) is 19.9. The quantitative estimate of drug-likeness (QED) is 0.113. The molecule has 10 heteroatoms. The van der Waals surface area contributed by atoms with Crippen molar-refractivity contribution in [2.45, 2.75) is 18.4 Å². The Labute approximate surface area is 181 Å². The van der Waals surface area contributed by atoms with E-state index >= 15 is 0 Å². The van der Waals surface area contributed by atoms with Crippen LogP contribution < -0.4 is 34.0 Å². The molecule has 0 aliphatic rings. The summed E-state index contributed by atoms with van der Waals surface area (Å²) in [5.74, 6) is 0.924. The number of benzene rings is 2. The van der Waals surface area contributed by atoms with Crippen LogP contribution in [0.5, 0.6) is 0 Å². The Balaban J connectivity index is 0.00000392. The van der Waals surface area contributed by atoms with Crippen LogP contribution in [0, 0.1) is 10.1 Å². The van der Waals surface area contributed by atoms with Crippen molar-refractivity contribution in [3.8, 4) is 0 Å². The number of amidine groups is 1. The van der Waals surface area contributed by atoms with Crippen molar-refractivity contribution in [1.29, 1.82) is 0 Å². The van der Waals surface area contributed by atoms with E-state index in [-0.39, 0.29) is 41.1 Å².